The summed E-state index contributed by atoms with van der Waals surface area (Å²) in [5.74, 6) is 1.78. The molecule has 47 heavy (non-hydrogen) atoms. The quantitative estimate of drug-likeness (QED) is 0.184. The number of hydrogen-bond donors (Lipinski definition) is 0. The normalized spacial score (nSPS) is 12.6. The van der Waals surface area contributed by atoms with Crippen molar-refractivity contribution < 1.29 is 0 Å². The van der Waals surface area contributed by atoms with E-state index in [1.807, 2.05) is 36.4 Å². The van der Waals surface area contributed by atoms with E-state index in [4.69, 9.17) is 21.5 Å². The second kappa shape index (κ2) is 11.3. The Labute approximate surface area is 274 Å². The van der Waals surface area contributed by atoms with Gasteiger partial charge in [0.05, 0.1) is 6.57 Å². The Bertz CT molecular complexity index is 2260. The third kappa shape index (κ3) is 4.99. The molecule has 1 aliphatic carbocycles. The van der Waals surface area contributed by atoms with Crippen molar-refractivity contribution in [2.24, 2.45) is 0 Å². The number of rotatable bonds is 5. The standard InChI is InChI=1S/C43H30N4/c1-43(2)37-19-11-10-17-35(37)39-36(18-12-20-38(39)43)42-46-40(30-21-23-34(44-3)24-22-30)45-41(47-42)33-26-31(28-13-6-4-7-14-28)25-32(27-33)29-15-8-5-9-16-29/h4-27H,1-2H3. The van der Waals surface area contributed by atoms with E-state index in [1.165, 1.54) is 22.3 Å². The van der Waals surface area contributed by atoms with Crippen LogP contribution >= 0.6 is 0 Å². The van der Waals surface area contributed by atoms with Crippen molar-refractivity contribution in [3.63, 3.8) is 0 Å². The second-order valence-electron chi connectivity index (χ2n) is 12.4. The van der Waals surface area contributed by atoms with Gasteiger partial charge >= 0.3 is 0 Å². The van der Waals surface area contributed by atoms with Crippen molar-refractivity contribution in [2.45, 2.75) is 19.3 Å². The first-order valence-corrected chi connectivity index (χ1v) is 15.7. The third-order valence-corrected chi connectivity index (χ3v) is 9.14. The predicted molar refractivity (Wildman–Crippen MR) is 191 cm³/mol. The Kier molecular flexibility index (Phi) is 6.82. The highest BCUT2D eigenvalue weighted by molar-refractivity contribution is 5.91. The van der Waals surface area contributed by atoms with Gasteiger partial charge in [0, 0.05) is 22.1 Å². The molecule has 0 N–H and O–H groups in total. The maximum Gasteiger partial charge on any atom is 0.187 e. The summed E-state index contributed by atoms with van der Waals surface area (Å²) < 4.78 is 0. The Morgan fingerprint density at radius 3 is 1.60 bits per heavy atom. The Balaban J connectivity index is 1.39. The summed E-state index contributed by atoms with van der Waals surface area (Å²) in [4.78, 5) is 19.0. The van der Waals surface area contributed by atoms with Crippen molar-refractivity contribution in [1.82, 2.24) is 15.0 Å². The van der Waals surface area contributed by atoms with Crippen molar-refractivity contribution >= 4 is 5.69 Å². The molecule has 0 fully saturated rings. The minimum Gasteiger partial charge on any atom is -0.238 e. The van der Waals surface area contributed by atoms with Crippen LogP contribution in [0.25, 0.3) is 72.4 Å². The smallest absolute Gasteiger partial charge is 0.187 e. The molecule has 4 nitrogen and oxygen atoms in total. The zero-order chi connectivity index (χ0) is 32.0. The maximum absolute atomic E-state index is 7.44. The van der Waals surface area contributed by atoms with Crippen molar-refractivity contribution in [1.29, 1.82) is 0 Å². The van der Waals surface area contributed by atoms with E-state index < -0.39 is 0 Å². The summed E-state index contributed by atoms with van der Waals surface area (Å²) in [5.41, 5.74) is 12.5. The molecule has 1 aliphatic rings. The fourth-order valence-electron chi connectivity index (χ4n) is 6.73. The fourth-order valence-corrected chi connectivity index (χ4v) is 6.73. The second-order valence-corrected chi connectivity index (χ2v) is 12.4. The molecule has 0 radical (unpaired) electrons. The molecule has 4 heteroatoms. The molecule has 7 aromatic rings. The van der Waals surface area contributed by atoms with Gasteiger partial charge in [-0.05, 0) is 62.7 Å². The number of aromatic nitrogens is 3. The lowest BCUT2D eigenvalue weighted by atomic mass is 9.82. The van der Waals surface area contributed by atoms with Gasteiger partial charge in [-0.1, -0.05) is 141 Å². The lowest BCUT2D eigenvalue weighted by molar-refractivity contribution is 0.660. The van der Waals surface area contributed by atoms with Gasteiger partial charge in [-0.3, -0.25) is 0 Å². The Morgan fingerprint density at radius 1 is 0.447 bits per heavy atom. The highest BCUT2D eigenvalue weighted by atomic mass is 15.0. The fraction of sp³-hybridized carbons (Fsp3) is 0.0698. The average Bonchev–Trinajstić information content (AvgIpc) is 3.38. The first-order valence-electron chi connectivity index (χ1n) is 15.7. The van der Waals surface area contributed by atoms with Crippen LogP contribution in [0, 0.1) is 6.57 Å². The molecule has 6 aromatic carbocycles. The molecule has 0 atom stereocenters. The zero-order valence-electron chi connectivity index (χ0n) is 26.1. The SMILES string of the molecule is [C-]#[N+]c1ccc(-c2nc(-c3cc(-c4ccccc4)cc(-c4ccccc4)c3)nc(-c3cccc4c3-c3ccccc3C4(C)C)n2)cc1. The van der Waals surface area contributed by atoms with E-state index in [-0.39, 0.29) is 5.41 Å². The van der Waals surface area contributed by atoms with Gasteiger partial charge in [0.15, 0.2) is 23.2 Å². The summed E-state index contributed by atoms with van der Waals surface area (Å²) in [6, 6.07) is 49.9. The van der Waals surface area contributed by atoms with Gasteiger partial charge in [-0.25, -0.2) is 19.8 Å². The van der Waals surface area contributed by atoms with E-state index in [9.17, 15) is 0 Å². The molecule has 0 spiro atoms. The molecule has 0 unspecified atom stereocenters. The van der Waals surface area contributed by atoms with E-state index in [1.54, 1.807) is 0 Å². The van der Waals surface area contributed by atoms with Gasteiger partial charge in [0.1, 0.15) is 0 Å². The van der Waals surface area contributed by atoms with E-state index >= 15 is 0 Å². The Morgan fingerprint density at radius 2 is 0.957 bits per heavy atom. The summed E-state index contributed by atoms with van der Waals surface area (Å²) in [6.07, 6.45) is 0. The monoisotopic (exact) mass is 602 g/mol. The van der Waals surface area contributed by atoms with Crippen LogP contribution in [0.2, 0.25) is 0 Å². The molecule has 0 aliphatic heterocycles. The van der Waals surface area contributed by atoms with Crippen molar-refractivity contribution in [3.05, 3.63) is 168 Å². The summed E-state index contributed by atoms with van der Waals surface area (Å²) >= 11 is 0. The molecule has 0 saturated heterocycles. The van der Waals surface area contributed by atoms with Crippen molar-refractivity contribution in [2.75, 3.05) is 0 Å². The summed E-state index contributed by atoms with van der Waals surface area (Å²) in [6.45, 7) is 12.0. The minimum absolute atomic E-state index is 0.148. The Hall–Kier alpha value is -6.18. The molecule has 1 heterocycles. The van der Waals surface area contributed by atoms with Crippen LogP contribution in [0.3, 0.4) is 0 Å². The summed E-state index contributed by atoms with van der Waals surface area (Å²) in [7, 11) is 0. The zero-order valence-corrected chi connectivity index (χ0v) is 26.1. The highest BCUT2D eigenvalue weighted by Gasteiger charge is 2.37. The molecular formula is C43H30N4. The number of benzene rings is 6. The third-order valence-electron chi connectivity index (χ3n) is 9.14. The molecule has 0 saturated carbocycles. The van der Waals surface area contributed by atoms with Gasteiger partial charge < -0.3 is 0 Å². The van der Waals surface area contributed by atoms with E-state index in [0.29, 0.717) is 23.2 Å². The van der Waals surface area contributed by atoms with Gasteiger partial charge in [-0.2, -0.15) is 0 Å². The van der Waals surface area contributed by atoms with Gasteiger partial charge in [0.2, 0.25) is 0 Å². The molecule has 0 amide bonds. The van der Waals surface area contributed by atoms with Gasteiger partial charge in [0.25, 0.3) is 0 Å². The molecule has 0 bridgehead atoms. The van der Waals surface area contributed by atoms with E-state index in [2.05, 4.69) is 128 Å². The van der Waals surface area contributed by atoms with E-state index in [0.717, 1.165) is 38.9 Å². The number of fused-ring (bicyclic) bond motifs is 3. The predicted octanol–water partition coefficient (Wildman–Crippen LogP) is 11.1. The molecular weight excluding hydrogens is 573 g/mol. The van der Waals surface area contributed by atoms with Crippen LogP contribution in [0.4, 0.5) is 5.69 Å². The highest BCUT2D eigenvalue weighted by Crippen LogP contribution is 2.51. The van der Waals surface area contributed by atoms with Crippen molar-refractivity contribution in [3.8, 4) is 67.5 Å². The first kappa shape index (κ1) is 28.3. The average molecular weight is 603 g/mol. The van der Waals surface area contributed by atoms with Crippen LogP contribution < -0.4 is 0 Å². The number of nitrogens with zero attached hydrogens (tertiary/aromatic N) is 4. The van der Waals surface area contributed by atoms with Crippen LogP contribution in [0.15, 0.2) is 146 Å². The minimum atomic E-state index is -0.148. The maximum atomic E-state index is 7.44. The van der Waals surface area contributed by atoms with Crippen LogP contribution in [-0.4, -0.2) is 15.0 Å². The first-order chi connectivity index (χ1) is 23.0. The lowest BCUT2D eigenvalue weighted by Crippen LogP contribution is -2.14. The summed E-state index contributed by atoms with van der Waals surface area (Å²) in [5, 5.41) is 0. The topological polar surface area (TPSA) is 43.0 Å². The molecule has 8 rings (SSSR count). The lowest BCUT2D eigenvalue weighted by Gasteiger charge is -2.21. The molecule has 1 aromatic heterocycles. The van der Waals surface area contributed by atoms with Gasteiger partial charge in [-0.15, -0.1) is 0 Å². The molecule has 222 valence electrons. The largest absolute Gasteiger partial charge is 0.238 e. The van der Waals surface area contributed by atoms with Crippen LogP contribution in [0.1, 0.15) is 25.0 Å². The number of hydrogen-bond acceptors (Lipinski definition) is 3. The van der Waals surface area contributed by atoms with Crippen LogP contribution in [0.5, 0.6) is 0 Å². The van der Waals surface area contributed by atoms with Crippen LogP contribution in [-0.2, 0) is 5.41 Å².